The number of fused-ring (bicyclic) bond motifs is 1. The molecule has 0 saturated heterocycles. The van der Waals surface area contributed by atoms with Crippen LogP contribution in [0.25, 0.3) is 0 Å². The molecule has 0 saturated carbocycles. The summed E-state index contributed by atoms with van der Waals surface area (Å²) in [6, 6.07) is 5.17. The summed E-state index contributed by atoms with van der Waals surface area (Å²) >= 11 is 0. The van der Waals surface area contributed by atoms with Crippen LogP contribution in [0.1, 0.15) is 23.1 Å². The summed E-state index contributed by atoms with van der Waals surface area (Å²) in [5.74, 6) is 0. The molecule has 1 heterocycles. The highest BCUT2D eigenvalue weighted by molar-refractivity contribution is 5.58. The summed E-state index contributed by atoms with van der Waals surface area (Å²) in [6.07, 6.45) is 2.46. The van der Waals surface area contributed by atoms with Crippen LogP contribution in [0, 0.1) is 13.8 Å². The third kappa shape index (κ3) is 2.38. The number of aryl methyl sites for hydroxylation is 2. The Kier molecular flexibility index (Phi) is 3.20. The lowest BCUT2D eigenvalue weighted by atomic mass is 9.93. The normalized spacial score (nSPS) is 19.4. The van der Waals surface area contributed by atoms with E-state index in [1.165, 1.54) is 35.2 Å². The fraction of sp³-hybridized carbons (Fsp3) is 0.571. The van der Waals surface area contributed by atoms with Crippen LogP contribution in [0.2, 0.25) is 0 Å². The van der Waals surface area contributed by atoms with Gasteiger partial charge in [-0.25, -0.2) is 0 Å². The standard InChI is InChI=1S/C14H22N2/c1-10-7-11(2)13-6-5-12(9-16(3)4)15-14(13)8-10/h7-8,12,15H,5-6,9H2,1-4H3. The molecule has 16 heavy (non-hydrogen) atoms. The predicted octanol–water partition coefficient (Wildman–Crippen LogP) is 2.59. The minimum absolute atomic E-state index is 0.601. The molecule has 0 spiro atoms. The maximum atomic E-state index is 3.67. The number of benzene rings is 1. The van der Waals surface area contributed by atoms with E-state index in [1.807, 2.05) is 0 Å². The molecule has 0 aliphatic carbocycles. The van der Waals surface area contributed by atoms with Gasteiger partial charge in [0.15, 0.2) is 0 Å². The Labute approximate surface area is 98.7 Å². The summed E-state index contributed by atoms with van der Waals surface area (Å²) in [4.78, 5) is 2.26. The van der Waals surface area contributed by atoms with Gasteiger partial charge in [0.25, 0.3) is 0 Å². The molecule has 0 amide bonds. The molecule has 1 aromatic carbocycles. The number of nitrogens with zero attached hydrogens (tertiary/aromatic N) is 1. The Balaban J connectivity index is 2.20. The second-order valence-electron chi connectivity index (χ2n) is 5.25. The van der Waals surface area contributed by atoms with Gasteiger partial charge in [-0.15, -0.1) is 0 Å². The zero-order chi connectivity index (χ0) is 11.7. The van der Waals surface area contributed by atoms with E-state index in [9.17, 15) is 0 Å². The van der Waals surface area contributed by atoms with Gasteiger partial charge in [-0.3, -0.25) is 0 Å². The molecular formula is C14H22N2. The average molecular weight is 218 g/mol. The first-order valence-electron chi connectivity index (χ1n) is 6.07. The fourth-order valence-corrected chi connectivity index (χ4v) is 2.65. The highest BCUT2D eigenvalue weighted by Crippen LogP contribution is 2.29. The summed E-state index contributed by atoms with van der Waals surface area (Å²) in [5.41, 5.74) is 5.66. The van der Waals surface area contributed by atoms with E-state index < -0.39 is 0 Å². The first-order valence-corrected chi connectivity index (χ1v) is 6.07. The molecule has 0 bridgehead atoms. The smallest absolute Gasteiger partial charge is 0.0391 e. The van der Waals surface area contributed by atoms with Gasteiger partial charge in [-0.05, 0) is 63.5 Å². The lowest BCUT2D eigenvalue weighted by Gasteiger charge is -2.30. The van der Waals surface area contributed by atoms with Crippen molar-refractivity contribution in [3.63, 3.8) is 0 Å². The lowest BCUT2D eigenvalue weighted by Crippen LogP contribution is -2.35. The van der Waals surface area contributed by atoms with Crippen molar-refractivity contribution in [1.29, 1.82) is 0 Å². The van der Waals surface area contributed by atoms with Crippen molar-refractivity contribution in [2.24, 2.45) is 0 Å². The summed E-state index contributed by atoms with van der Waals surface area (Å²) in [5, 5.41) is 3.67. The maximum absolute atomic E-state index is 3.67. The molecule has 1 unspecified atom stereocenters. The van der Waals surface area contributed by atoms with E-state index in [2.05, 4.69) is 50.3 Å². The Hall–Kier alpha value is -1.02. The van der Waals surface area contributed by atoms with E-state index in [0.29, 0.717) is 6.04 Å². The molecule has 0 radical (unpaired) electrons. The summed E-state index contributed by atoms with van der Waals surface area (Å²) in [7, 11) is 4.28. The molecule has 1 N–H and O–H groups in total. The molecule has 1 aromatic rings. The van der Waals surface area contributed by atoms with Gasteiger partial charge in [0.1, 0.15) is 0 Å². The first kappa shape index (κ1) is 11.5. The van der Waals surface area contributed by atoms with Gasteiger partial charge in [0, 0.05) is 18.3 Å². The van der Waals surface area contributed by atoms with Crippen LogP contribution in [0.4, 0.5) is 5.69 Å². The van der Waals surface area contributed by atoms with E-state index in [4.69, 9.17) is 0 Å². The van der Waals surface area contributed by atoms with Gasteiger partial charge in [0.05, 0.1) is 0 Å². The van der Waals surface area contributed by atoms with Gasteiger partial charge in [-0.1, -0.05) is 6.07 Å². The van der Waals surface area contributed by atoms with Crippen molar-refractivity contribution in [2.45, 2.75) is 32.7 Å². The SMILES string of the molecule is Cc1cc(C)c2c(c1)NC(CN(C)C)CC2. The third-order valence-electron chi connectivity index (χ3n) is 3.31. The summed E-state index contributed by atoms with van der Waals surface area (Å²) < 4.78 is 0. The number of likely N-dealkylation sites (N-methyl/N-ethyl adjacent to an activating group) is 1. The molecule has 2 heteroatoms. The van der Waals surface area contributed by atoms with Gasteiger partial charge < -0.3 is 10.2 Å². The molecule has 2 rings (SSSR count). The highest BCUT2D eigenvalue weighted by Gasteiger charge is 2.19. The third-order valence-corrected chi connectivity index (χ3v) is 3.31. The topological polar surface area (TPSA) is 15.3 Å². The van der Waals surface area contributed by atoms with Crippen molar-refractivity contribution in [3.05, 3.63) is 28.8 Å². The Morgan fingerprint density at radius 2 is 2.06 bits per heavy atom. The zero-order valence-corrected chi connectivity index (χ0v) is 10.8. The number of hydrogen-bond donors (Lipinski definition) is 1. The van der Waals surface area contributed by atoms with Crippen LogP contribution in [0.5, 0.6) is 0 Å². The Bertz CT molecular complexity index is 383. The van der Waals surface area contributed by atoms with E-state index in [0.717, 1.165) is 6.54 Å². The van der Waals surface area contributed by atoms with Crippen molar-refractivity contribution < 1.29 is 0 Å². The Morgan fingerprint density at radius 1 is 1.31 bits per heavy atom. The van der Waals surface area contributed by atoms with Gasteiger partial charge >= 0.3 is 0 Å². The zero-order valence-electron chi connectivity index (χ0n) is 10.8. The average Bonchev–Trinajstić information content (AvgIpc) is 2.15. The van der Waals surface area contributed by atoms with E-state index in [-0.39, 0.29) is 0 Å². The largest absolute Gasteiger partial charge is 0.381 e. The van der Waals surface area contributed by atoms with Crippen molar-refractivity contribution in [1.82, 2.24) is 4.90 Å². The molecular weight excluding hydrogens is 196 g/mol. The van der Waals surface area contributed by atoms with Crippen molar-refractivity contribution >= 4 is 5.69 Å². The second kappa shape index (κ2) is 4.46. The van der Waals surface area contributed by atoms with E-state index >= 15 is 0 Å². The van der Waals surface area contributed by atoms with E-state index in [1.54, 1.807) is 0 Å². The Morgan fingerprint density at radius 3 is 2.75 bits per heavy atom. The van der Waals surface area contributed by atoms with Crippen molar-refractivity contribution in [2.75, 3.05) is 26.0 Å². The molecule has 88 valence electrons. The van der Waals surface area contributed by atoms with Crippen LogP contribution in [0.15, 0.2) is 12.1 Å². The van der Waals surface area contributed by atoms with Gasteiger partial charge in [-0.2, -0.15) is 0 Å². The van der Waals surface area contributed by atoms with Gasteiger partial charge in [0.2, 0.25) is 0 Å². The van der Waals surface area contributed by atoms with Crippen LogP contribution >= 0.6 is 0 Å². The molecule has 1 atom stereocenters. The van der Waals surface area contributed by atoms with Crippen molar-refractivity contribution in [3.8, 4) is 0 Å². The molecule has 1 aliphatic heterocycles. The molecule has 0 fully saturated rings. The summed E-state index contributed by atoms with van der Waals surface area (Å²) in [6.45, 7) is 5.51. The minimum atomic E-state index is 0.601. The first-order chi connectivity index (χ1) is 7.56. The van der Waals surface area contributed by atoms with Crippen LogP contribution in [0.3, 0.4) is 0 Å². The lowest BCUT2D eigenvalue weighted by molar-refractivity contribution is 0.371. The predicted molar refractivity (Wildman–Crippen MR) is 70.2 cm³/mol. The second-order valence-corrected chi connectivity index (χ2v) is 5.25. The number of anilines is 1. The maximum Gasteiger partial charge on any atom is 0.0391 e. The number of hydrogen-bond acceptors (Lipinski definition) is 2. The fourth-order valence-electron chi connectivity index (χ4n) is 2.65. The monoisotopic (exact) mass is 218 g/mol. The van der Waals surface area contributed by atoms with Crippen LogP contribution in [-0.4, -0.2) is 31.6 Å². The molecule has 1 aliphatic rings. The molecule has 0 aromatic heterocycles. The number of nitrogens with one attached hydrogen (secondary N) is 1. The molecule has 2 nitrogen and oxygen atoms in total. The quantitative estimate of drug-likeness (QED) is 0.821. The minimum Gasteiger partial charge on any atom is -0.381 e. The number of rotatable bonds is 2. The highest BCUT2D eigenvalue weighted by atomic mass is 15.1. The van der Waals surface area contributed by atoms with Crippen LogP contribution < -0.4 is 5.32 Å². The van der Waals surface area contributed by atoms with Crippen LogP contribution in [-0.2, 0) is 6.42 Å².